The molecule has 2 aliphatic rings. The average molecular weight is 330 g/mol. The molecule has 1 amide bonds. The summed E-state index contributed by atoms with van der Waals surface area (Å²) in [6.45, 7) is 9.59. The molecule has 1 saturated heterocycles. The molecule has 3 rings (SSSR count). The summed E-state index contributed by atoms with van der Waals surface area (Å²) in [4.78, 5) is 17.2. The minimum absolute atomic E-state index is 0.138. The molecule has 1 aliphatic carbocycles. The Morgan fingerprint density at radius 3 is 2.50 bits per heavy atom. The lowest BCUT2D eigenvalue weighted by atomic mass is 10.1. The molecule has 1 unspecified atom stereocenters. The van der Waals surface area contributed by atoms with Gasteiger partial charge in [0.2, 0.25) is 0 Å². The van der Waals surface area contributed by atoms with Crippen molar-refractivity contribution in [1.82, 2.24) is 9.80 Å². The van der Waals surface area contributed by atoms with E-state index >= 15 is 0 Å². The third kappa shape index (κ3) is 4.73. The zero-order chi connectivity index (χ0) is 17.2. The number of hydrogen-bond acceptors (Lipinski definition) is 3. The standard InChI is InChI=1S/C20H30N2O2/c1-20(2,3)24-19(23)22-13-7-12-21(15-18(22)17-10-11-17)14-16-8-5-4-6-9-16/h4-6,8-9,17-18H,7,10-15H2,1-3H3. The van der Waals surface area contributed by atoms with Crippen LogP contribution < -0.4 is 0 Å². The van der Waals surface area contributed by atoms with Crippen LogP contribution >= 0.6 is 0 Å². The summed E-state index contributed by atoms with van der Waals surface area (Å²) in [5.74, 6) is 0.647. The Morgan fingerprint density at radius 2 is 1.88 bits per heavy atom. The smallest absolute Gasteiger partial charge is 0.410 e. The van der Waals surface area contributed by atoms with E-state index in [1.807, 2.05) is 25.7 Å². The molecule has 0 spiro atoms. The second kappa shape index (κ2) is 7.14. The SMILES string of the molecule is CC(C)(C)OC(=O)N1CCCN(Cc2ccccc2)CC1C1CC1. The van der Waals surface area contributed by atoms with Crippen LogP contribution in [0, 0.1) is 5.92 Å². The first kappa shape index (κ1) is 17.3. The zero-order valence-corrected chi connectivity index (χ0v) is 15.2. The summed E-state index contributed by atoms with van der Waals surface area (Å²) in [6.07, 6.45) is 3.35. The summed E-state index contributed by atoms with van der Waals surface area (Å²) in [5, 5.41) is 0. The van der Waals surface area contributed by atoms with E-state index < -0.39 is 5.60 Å². The first-order chi connectivity index (χ1) is 11.4. The number of carbonyl (C=O) groups excluding carboxylic acids is 1. The van der Waals surface area contributed by atoms with Crippen molar-refractivity contribution in [2.75, 3.05) is 19.6 Å². The van der Waals surface area contributed by atoms with Gasteiger partial charge in [-0.05, 0) is 51.5 Å². The molecule has 1 aliphatic heterocycles. The van der Waals surface area contributed by atoms with Crippen LogP contribution in [0.5, 0.6) is 0 Å². The minimum atomic E-state index is -0.429. The van der Waals surface area contributed by atoms with Crippen molar-refractivity contribution in [3.05, 3.63) is 35.9 Å². The fraction of sp³-hybridized carbons (Fsp3) is 0.650. The number of rotatable bonds is 3. The molecular formula is C20H30N2O2. The Morgan fingerprint density at radius 1 is 1.17 bits per heavy atom. The summed E-state index contributed by atoms with van der Waals surface area (Å²) < 4.78 is 5.66. The molecule has 132 valence electrons. The molecule has 0 radical (unpaired) electrons. The van der Waals surface area contributed by atoms with Crippen LogP contribution in [0.4, 0.5) is 4.79 Å². The first-order valence-corrected chi connectivity index (χ1v) is 9.18. The average Bonchev–Trinajstić information content (AvgIpc) is 3.33. The first-order valence-electron chi connectivity index (χ1n) is 9.18. The van der Waals surface area contributed by atoms with Gasteiger partial charge >= 0.3 is 6.09 Å². The van der Waals surface area contributed by atoms with Crippen molar-refractivity contribution < 1.29 is 9.53 Å². The van der Waals surface area contributed by atoms with Crippen LogP contribution in [0.1, 0.15) is 45.6 Å². The van der Waals surface area contributed by atoms with Crippen molar-refractivity contribution in [2.24, 2.45) is 5.92 Å². The van der Waals surface area contributed by atoms with Crippen LogP contribution in [-0.4, -0.2) is 47.2 Å². The molecule has 0 aromatic heterocycles. The topological polar surface area (TPSA) is 32.8 Å². The summed E-state index contributed by atoms with van der Waals surface area (Å²) in [5.41, 5.74) is 0.916. The highest BCUT2D eigenvalue weighted by molar-refractivity contribution is 5.68. The van der Waals surface area contributed by atoms with Gasteiger partial charge in [0.05, 0.1) is 6.04 Å². The van der Waals surface area contributed by atoms with Gasteiger partial charge in [0.1, 0.15) is 5.60 Å². The summed E-state index contributed by atoms with van der Waals surface area (Å²) >= 11 is 0. The number of carbonyl (C=O) groups is 1. The van der Waals surface area contributed by atoms with Crippen LogP contribution in [0.25, 0.3) is 0 Å². The molecule has 0 N–H and O–H groups in total. The highest BCUT2D eigenvalue weighted by Crippen LogP contribution is 2.37. The van der Waals surface area contributed by atoms with Crippen LogP contribution in [0.3, 0.4) is 0 Å². The molecule has 1 atom stereocenters. The van der Waals surface area contributed by atoms with Gasteiger partial charge in [-0.15, -0.1) is 0 Å². The van der Waals surface area contributed by atoms with Gasteiger partial charge in [0, 0.05) is 26.2 Å². The van der Waals surface area contributed by atoms with Gasteiger partial charge in [-0.25, -0.2) is 4.79 Å². The third-order valence-electron chi connectivity index (χ3n) is 4.76. The Kier molecular flexibility index (Phi) is 5.14. The van der Waals surface area contributed by atoms with Crippen molar-refractivity contribution in [1.29, 1.82) is 0 Å². The van der Waals surface area contributed by atoms with Crippen LogP contribution in [0.15, 0.2) is 30.3 Å². The van der Waals surface area contributed by atoms with Crippen molar-refractivity contribution in [2.45, 2.75) is 58.2 Å². The molecule has 1 saturated carbocycles. The van der Waals surface area contributed by atoms with Crippen LogP contribution in [0.2, 0.25) is 0 Å². The third-order valence-corrected chi connectivity index (χ3v) is 4.76. The molecule has 1 heterocycles. The molecule has 1 aromatic carbocycles. The van der Waals surface area contributed by atoms with Gasteiger partial charge < -0.3 is 9.64 Å². The molecule has 4 heteroatoms. The molecule has 2 fully saturated rings. The Balaban J connectivity index is 1.68. The lowest BCUT2D eigenvalue weighted by Crippen LogP contribution is -2.47. The Labute approximate surface area is 145 Å². The van der Waals surface area contributed by atoms with Gasteiger partial charge in [-0.2, -0.15) is 0 Å². The second-order valence-corrected chi connectivity index (χ2v) is 8.15. The maximum atomic E-state index is 12.7. The Hall–Kier alpha value is -1.55. The molecule has 1 aromatic rings. The lowest BCUT2D eigenvalue weighted by Gasteiger charge is -2.33. The maximum absolute atomic E-state index is 12.7. The molecular weight excluding hydrogens is 300 g/mol. The normalized spacial score (nSPS) is 23.0. The predicted molar refractivity (Wildman–Crippen MR) is 95.8 cm³/mol. The van der Waals surface area contributed by atoms with Gasteiger partial charge in [0.15, 0.2) is 0 Å². The van der Waals surface area contributed by atoms with Gasteiger partial charge in [0.25, 0.3) is 0 Å². The van der Waals surface area contributed by atoms with E-state index in [2.05, 4.69) is 35.2 Å². The van der Waals surface area contributed by atoms with E-state index in [0.717, 1.165) is 32.6 Å². The largest absolute Gasteiger partial charge is 0.444 e. The fourth-order valence-electron chi connectivity index (χ4n) is 3.50. The van der Waals surface area contributed by atoms with Crippen molar-refractivity contribution in [3.63, 3.8) is 0 Å². The van der Waals surface area contributed by atoms with Gasteiger partial charge in [-0.3, -0.25) is 4.90 Å². The fourth-order valence-corrected chi connectivity index (χ4v) is 3.50. The van der Waals surface area contributed by atoms with E-state index in [9.17, 15) is 4.79 Å². The monoisotopic (exact) mass is 330 g/mol. The summed E-state index contributed by atoms with van der Waals surface area (Å²) in [6, 6.07) is 10.9. The number of amides is 1. The lowest BCUT2D eigenvalue weighted by molar-refractivity contribution is 0.0138. The van der Waals surface area contributed by atoms with Crippen molar-refractivity contribution >= 4 is 6.09 Å². The Bertz CT molecular complexity index is 549. The van der Waals surface area contributed by atoms with E-state index in [0.29, 0.717) is 12.0 Å². The van der Waals surface area contributed by atoms with Crippen LogP contribution in [-0.2, 0) is 11.3 Å². The van der Waals surface area contributed by atoms with Crippen molar-refractivity contribution in [3.8, 4) is 0 Å². The highest BCUT2D eigenvalue weighted by atomic mass is 16.6. The maximum Gasteiger partial charge on any atom is 0.410 e. The molecule has 4 nitrogen and oxygen atoms in total. The highest BCUT2D eigenvalue weighted by Gasteiger charge is 2.40. The van der Waals surface area contributed by atoms with E-state index in [1.54, 1.807) is 0 Å². The number of ether oxygens (including phenoxy) is 1. The predicted octanol–water partition coefficient (Wildman–Crippen LogP) is 3.91. The second-order valence-electron chi connectivity index (χ2n) is 8.15. The minimum Gasteiger partial charge on any atom is -0.444 e. The van der Waals surface area contributed by atoms with E-state index in [1.165, 1.54) is 18.4 Å². The quantitative estimate of drug-likeness (QED) is 0.842. The number of nitrogens with zero attached hydrogens (tertiary/aromatic N) is 2. The van der Waals surface area contributed by atoms with Gasteiger partial charge in [-0.1, -0.05) is 30.3 Å². The molecule has 24 heavy (non-hydrogen) atoms. The number of hydrogen-bond donors (Lipinski definition) is 0. The molecule has 0 bridgehead atoms. The number of benzene rings is 1. The zero-order valence-electron chi connectivity index (χ0n) is 15.2. The summed E-state index contributed by atoms with van der Waals surface area (Å²) in [7, 11) is 0. The van der Waals surface area contributed by atoms with E-state index in [-0.39, 0.29) is 6.09 Å². The van der Waals surface area contributed by atoms with E-state index in [4.69, 9.17) is 4.74 Å².